The Morgan fingerprint density at radius 2 is 2.00 bits per heavy atom. The van der Waals surface area contributed by atoms with Crippen LogP contribution in [0, 0.1) is 0 Å². The predicted molar refractivity (Wildman–Crippen MR) is 55.4 cm³/mol. The van der Waals surface area contributed by atoms with E-state index in [0.29, 0.717) is 15.8 Å². The van der Waals surface area contributed by atoms with Crippen molar-refractivity contribution < 1.29 is 9.94 Å². The molecule has 0 unspecified atom stereocenters. The second-order valence-corrected chi connectivity index (χ2v) is 3.25. The maximum absolute atomic E-state index is 8.27. The quantitative estimate of drug-likeness (QED) is 0.365. The second kappa shape index (κ2) is 4.93. The van der Waals surface area contributed by atoms with Crippen LogP contribution in [0.4, 0.5) is 0 Å². The molecule has 0 atom stereocenters. The summed E-state index contributed by atoms with van der Waals surface area (Å²) >= 11 is 11.6. The van der Waals surface area contributed by atoms with Crippen LogP contribution in [0.2, 0.25) is 10.0 Å². The van der Waals surface area contributed by atoms with Crippen LogP contribution in [-0.2, 0) is 0 Å². The van der Waals surface area contributed by atoms with E-state index in [-0.39, 0.29) is 12.4 Å². The van der Waals surface area contributed by atoms with Crippen molar-refractivity contribution in [2.24, 2.45) is 10.9 Å². The zero-order chi connectivity index (χ0) is 10.6. The van der Waals surface area contributed by atoms with Gasteiger partial charge in [0.1, 0.15) is 6.61 Å². The highest BCUT2D eigenvalue weighted by Gasteiger charge is 2.06. The van der Waals surface area contributed by atoms with Crippen molar-refractivity contribution in [3.8, 4) is 5.75 Å². The van der Waals surface area contributed by atoms with Gasteiger partial charge in [0.25, 0.3) is 0 Å². The van der Waals surface area contributed by atoms with Gasteiger partial charge in [0, 0.05) is 0 Å². The second-order valence-electron chi connectivity index (χ2n) is 2.43. The third-order valence-corrected chi connectivity index (χ3v) is 2.01. The minimum Gasteiger partial charge on any atom is -0.482 e. The number of halogens is 2. The Balaban J connectivity index is 2.76. The molecule has 0 saturated heterocycles. The molecule has 1 aromatic carbocycles. The Labute approximate surface area is 90.9 Å². The zero-order valence-electron chi connectivity index (χ0n) is 7.08. The number of nitrogens with two attached hydrogens (primary N) is 1. The van der Waals surface area contributed by atoms with Crippen molar-refractivity contribution in [2.45, 2.75) is 0 Å². The van der Waals surface area contributed by atoms with Crippen LogP contribution < -0.4 is 10.5 Å². The molecule has 14 heavy (non-hydrogen) atoms. The summed E-state index contributed by atoms with van der Waals surface area (Å²) in [6.07, 6.45) is 0. The lowest BCUT2D eigenvalue weighted by molar-refractivity contribution is 0.306. The van der Waals surface area contributed by atoms with Gasteiger partial charge in [-0.1, -0.05) is 34.4 Å². The number of hydrogen-bond acceptors (Lipinski definition) is 3. The van der Waals surface area contributed by atoms with Gasteiger partial charge in [-0.3, -0.25) is 0 Å². The molecule has 1 aromatic rings. The molecule has 0 spiro atoms. The number of ether oxygens (including phenoxy) is 1. The largest absolute Gasteiger partial charge is 0.482 e. The fraction of sp³-hybridized carbons (Fsp3) is 0.125. The van der Waals surface area contributed by atoms with Gasteiger partial charge >= 0.3 is 0 Å². The van der Waals surface area contributed by atoms with E-state index in [2.05, 4.69) is 5.16 Å². The summed E-state index contributed by atoms with van der Waals surface area (Å²) in [6, 6.07) is 4.96. The Bertz CT molecular complexity index is 335. The Morgan fingerprint density at radius 3 is 2.50 bits per heavy atom. The lowest BCUT2D eigenvalue weighted by Crippen LogP contribution is -2.21. The minimum atomic E-state index is -0.0695. The van der Waals surface area contributed by atoms with E-state index in [0.717, 1.165) is 0 Å². The van der Waals surface area contributed by atoms with Gasteiger partial charge in [-0.25, -0.2) is 0 Å². The van der Waals surface area contributed by atoms with Crippen LogP contribution in [-0.4, -0.2) is 17.6 Å². The molecular weight excluding hydrogens is 227 g/mol. The molecule has 0 aliphatic heterocycles. The summed E-state index contributed by atoms with van der Waals surface area (Å²) in [5, 5.41) is 11.8. The smallest absolute Gasteiger partial charge is 0.177 e. The molecule has 0 aromatic heterocycles. The van der Waals surface area contributed by atoms with Crippen molar-refractivity contribution in [2.75, 3.05) is 6.61 Å². The molecule has 6 heteroatoms. The summed E-state index contributed by atoms with van der Waals surface area (Å²) in [6.45, 7) is -0.0695. The topological polar surface area (TPSA) is 67.8 Å². The van der Waals surface area contributed by atoms with Crippen molar-refractivity contribution >= 4 is 29.0 Å². The maximum Gasteiger partial charge on any atom is 0.177 e. The first-order valence-electron chi connectivity index (χ1n) is 3.68. The van der Waals surface area contributed by atoms with Crippen LogP contribution in [0.1, 0.15) is 0 Å². The average molecular weight is 235 g/mol. The highest BCUT2D eigenvalue weighted by atomic mass is 35.5. The fourth-order valence-electron chi connectivity index (χ4n) is 0.795. The van der Waals surface area contributed by atoms with Crippen LogP contribution in [0.15, 0.2) is 23.4 Å². The van der Waals surface area contributed by atoms with E-state index in [1.165, 1.54) is 0 Å². The van der Waals surface area contributed by atoms with Gasteiger partial charge in [-0.2, -0.15) is 0 Å². The van der Waals surface area contributed by atoms with Gasteiger partial charge in [-0.15, -0.1) is 0 Å². The van der Waals surface area contributed by atoms with Gasteiger partial charge in [0.15, 0.2) is 11.6 Å². The zero-order valence-corrected chi connectivity index (χ0v) is 8.59. The Morgan fingerprint density at radius 1 is 1.43 bits per heavy atom. The predicted octanol–water partition coefficient (Wildman–Crippen LogP) is 2.12. The molecule has 76 valence electrons. The van der Waals surface area contributed by atoms with Crippen LogP contribution in [0.3, 0.4) is 0 Å². The summed E-state index contributed by atoms with van der Waals surface area (Å²) < 4.78 is 5.14. The molecule has 0 aliphatic rings. The fourth-order valence-corrected chi connectivity index (χ4v) is 1.30. The molecule has 1 rings (SSSR count). The SMILES string of the molecule is N/C(COc1c(Cl)cccc1Cl)=N/O. The van der Waals surface area contributed by atoms with Crippen LogP contribution in [0.5, 0.6) is 5.75 Å². The Hall–Kier alpha value is -1.13. The number of nitrogens with zero attached hydrogens (tertiary/aromatic N) is 1. The molecule has 0 aliphatic carbocycles. The number of hydrogen-bond donors (Lipinski definition) is 2. The first-order valence-corrected chi connectivity index (χ1v) is 4.44. The molecule has 0 radical (unpaired) electrons. The number of amidine groups is 1. The van der Waals surface area contributed by atoms with E-state index in [1.807, 2.05) is 0 Å². The third kappa shape index (κ3) is 2.68. The third-order valence-electron chi connectivity index (χ3n) is 1.41. The highest BCUT2D eigenvalue weighted by Crippen LogP contribution is 2.32. The molecule has 4 nitrogen and oxygen atoms in total. The van der Waals surface area contributed by atoms with Crippen molar-refractivity contribution in [3.63, 3.8) is 0 Å². The standard InChI is InChI=1S/C8H8Cl2N2O2/c9-5-2-1-3-6(10)8(5)14-4-7(11)12-13/h1-3,13H,4H2,(H2,11,12). The molecule has 0 saturated carbocycles. The summed E-state index contributed by atoms with van der Waals surface area (Å²) in [5.41, 5.74) is 5.21. The van der Waals surface area contributed by atoms with E-state index < -0.39 is 0 Å². The van der Waals surface area contributed by atoms with Gasteiger partial charge in [0.2, 0.25) is 0 Å². The lowest BCUT2D eigenvalue weighted by Gasteiger charge is -2.08. The van der Waals surface area contributed by atoms with Crippen LogP contribution in [0.25, 0.3) is 0 Å². The van der Waals surface area contributed by atoms with Gasteiger partial charge < -0.3 is 15.7 Å². The van der Waals surface area contributed by atoms with E-state index in [9.17, 15) is 0 Å². The number of benzene rings is 1. The highest BCUT2D eigenvalue weighted by molar-refractivity contribution is 6.37. The monoisotopic (exact) mass is 234 g/mol. The first-order chi connectivity index (χ1) is 6.65. The molecular formula is C8H8Cl2N2O2. The van der Waals surface area contributed by atoms with Crippen molar-refractivity contribution in [3.05, 3.63) is 28.2 Å². The normalized spacial score (nSPS) is 11.4. The van der Waals surface area contributed by atoms with E-state index >= 15 is 0 Å². The number of para-hydroxylation sites is 1. The number of oxime groups is 1. The average Bonchev–Trinajstić information content (AvgIpc) is 2.16. The van der Waals surface area contributed by atoms with Crippen molar-refractivity contribution in [1.82, 2.24) is 0 Å². The van der Waals surface area contributed by atoms with Gasteiger partial charge in [-0.05, 0) is 12.1 Å². The molecule has 0 heterocycles. The summed E-state index contributed by atoms with van der Waals surface area (Å²) in [4.78, 5) is 0. The van der Waals surface area contributed by atoms with E-state index in [4.69, 9.17) is 38.9 Å². The molecule has 0 bridgehead atoms. The Kier molecular flexibility index (Phi) is 3.85. The number of rotatable bonds is 3. The first kappa shape index (κ1) is 10.9. The summed E-state index contributed by atoms with van der Waals surface area (Å²) in [5.74, 6) is 0.267. The minimum absolute atomic E-state index is 0.0546. The lowest BCUT2D eigenvalue weighted by atomic mass is 10.3. The van der Waals surface area contributed by atoms with Gasteiger partial charge in [0.05, 0.1) is 10.0 Å². The summed E-state index contributed by atoms with van der Waals surface area (Å²) in [7, 11) is 0. The maximum atomic E-state index is 8.27. The van der Waals surface area contributed by atoms with Crippen LogP contribution >= 0.6 is 23.2 Å². The van der Waals surface area contributed by atoms with Crippen molar-refractivity contribution in [1.29, 1.82) is 0 Å². The molecule has 3 N–H and O–H groups in total. The van der Waals surface area contributed by atoms with E-state index in [1.54, 1.807) is 18.2 Å². The molecule has 0 fully saturated rings. The molecule has 0 amide bonds.